The monoisotopic (exact) mass is 397 g/mol. The first kappa shape index (κ1) is 18.7. The quantitative estimate of drug-likeness (QED) is 0.754. The van der Waals surface area contributed by atoms with Crippen molar-refractivity contribution in [1.82, 2.24) is 14.7 Å². The molecular weight excluding hydrogens is 374 g/mol. The number of ether oxygens (including phenoxy) is 1. The molecule has 1 aromatic rings. The van der Waals surface area contributed by atoms with Crippen LogP contribution in [0.4, 0.5) is 0 Å². The average Bonchev–Trinajstić information content (AvgIpc) is 2.79. The second-order valence-electron chi connectivity index (χ2n) is 6.04. The highest BCUT2D eigenvalue weighted by atomic mass is 79.9. The molecule has 1 fully saturated rings. The maximum atomic E-state index is 12.3. The Morgan fingerprint density at radius 2 is 1.83 bits per heavy atom. The summed E-state index contributed by atoms with van der Waals surface area (Å²) in [7, 11) is 3.52. The van der Waals surface area contributed by atoms with Crippen molar-refractivity contribution in [1.29, 1.82) is 0 Å². The second kappa shape index (κ2) is 9.03. The maximum Gasteiger partial charge on any atom is 0.260 e. The molecule has 0 atom stereocenters. The van der Waals surface area contributed by atoms with Crippen molar-refractivity contribution in [3.8, 4) is 5.75 Å². The lowest BCUT2D eigenvalue weighted by Crippen LogP contribution is -2.40. The third kappa shape index (κ3) is 5.79. The van der Waals surface area contributed by atoms with Gasteiger partial charge in [0.05, 0.1) is 6.54 Å². The Labute approximate surface area is 151 Å². The lowest BCUT2D eigenvalue weighted by Gasteiger charge is -2.22. The van der Waals surface area contributed by atoms with Crippen LogP contribution in [0.15, 0.2) is 28.7 Å². The van der Waals surface area contributed by atoms with Gasteiger partial charge in [0.1, 0.15) is 5.75 Å². The first-order chi connectivity index (χ1) is 11.5. The molecule has 0 bridgehead atoms. The van der Waals surface area contributed by atoms with E-state index in [1.165, 1.54) is 0 Å². The van der Waals surface area contributed by atoms with Crippen LogP contribution < -0.4 is 4.74 Å². The van der Waals surface area contributed by atoms with Crippen LogP contribution in [-0.4, -0.2) is 79.9 Å². The molecule has 0 aliphatic carbocycles. The molecule has 132 valence electrons. The first-order valence-corrected chi connectivity index (χ1v) is 8.83. The third-order valence-electron chi connectivity index (χ3n) is 3.97. The highest BCUT2D eigenvalue weighted by Crippen LogP contribution is 2.16. The van der Waals surface area contributed by atoms with Crippen LogP contribution >= 0.6 is 15.9 Å². The summed E-state index contributed by atoms with van der Waals surface area (Å²) in [6.45, 7) is 3.32. The lowest BCUT2D eigenvalue weighted by atomic mass is 10.3. The minimum absolute atomic E-state index is 0.0151. The summed E-state index contributed by atoms with van der Waals surface area (Å²) in [5.41, 5.74) is 0. The van der Waals surface area contributed by atoms with Crippen molar-refractivity contribution in [3.63, 3.8) is 0 Å². The van der Waals surface area contributed by atoms with Gasteiger partial charge in [-0.3, -0.25) is 14.5 Å². The van der Waals surface area contributed by atoms with E-state index in [1.807, 2.05) is 29.2 Å². The van der Waals surface area contributed by atoms with Crippen LogP contribution in [0.1, 0.15) is 6.42 Å². The predicted octanol–water partition coefficient (Wildman–Crippen LogP) is 1.45. The molecule has 7 heteroatoms. The highest BCUT2D eigenvalue weighted by molar-refractivity contribution is 9.10. The van der Waals surface area contributed by atoms with Gasteiger partial charge in [0.15, 0.2) is 6.61 Å². The van der Waals surface area contributed by atoms with Gasteiger partial charge in [-0.05, 0) is 30.7 Å². The molecule has 2 amide bonds. The average molecular weight is 398 g/mol. The van der Waals surface area contributed by atoms with E-state index in [0.717, 1.165) is 17.4 Å². The Morgan fingerprint density at radius 1 is 1.12 bits per heavy atom. The SMILES string of the molecule is CN(C)C(=O)CN1CCCN(C(=O)COc2ccc(Br)cc2)CC1. The van der Waals surface area contributed by atoms with E-state index in [2.05, 4.69) is 20.8 Å². The summed E-state index contributed by atoms with van der Waals surface area (Å²) >= 11 is 3.37. The van der Waals surface area contributed by atoms with Crippen molar-refractivity contribution in [2.45, 2.75) is 6.42 Å². The molecule has 1 aliphatic rings. The second-order valence-corrected chi connectivity index (χ2v) is 6.96. The summed E-state index contributed by atoms with van der Waals surface area (Å²) in [6, 6.07) is 7.42. The molecule has 1 aliphatic heterocycles. The Bertz CT molecular complexity index is 563. The molecule has 1 heterocycles. The molecule has 24 heavy (non-hydrogen) atoms. The zero-order valence-electron chi connectivity index (χ0n) is 14.2. The fourth-order valence-electron chi connectivity index (χ4n) is 2.48. The fraction of sp³-hybridized carbons (Fsp3) is 0.529. The smallest absolute Gasteiger partial charge is 0.260 e. The van der Waals surface area contributed by atoms with Crippen molar-refractivity contribution < 1.29 is 14.3 Å². The van der Waals surface area contributed by atoms with E-state index in [1.54, 1.807) is 19.0 Å². The molecule has 0 aromatic heterocycles. The molecule has 0 radical (unpaired) electrons. The van der Waals surface area contributed by atoms with Crippen molar-refractivity contribution >= 4 is 27.7 Å². The molecule has 2 rings (SSSR count). The molecular formula is C17H24BrN3O3. The first-order valence-electron chi connectivity index (χ1n) is 8.04. The Hall–Kier alpha value is -1.60. The van der Waals surface area contributed by atoms with E-state index in [0.29, 0.717) is 31.9 Å². The fourth-order valence-corrected chi connectivity index (χ4v) is 2.74. The van der Waals surface area contributed by atoms with Gasteiger partial charge < -0.3 is 14.5 Å². The number of hydrogen-bond acceptors (Lipinski definition) is 4. The number of carbonyl (C=O) groups excluding carboxylic acids is 2. The zero-order valence-corrected chi connectivity index (χ0v) is 15.8. The number of benzene rings is 1. The van der Waals surface area contributed by atoms with Crippen LogP contribution in [-0.2, 0) is 9.59 Å². The molecule has 0 unspecified atom stereocenters. The topological polar surface area (TPSA) is 53.1 Å². The van der Waals surface area contributed by atoms with Crippen LogP contribution in [0.3, 0.4) is 0 Å². The maximum absolute atomic E-state index is 12.3. The number of nitrogens with zero attached hydrogens (tertiary/aromatic N) is 3. The lowest BCUT2D eigenvalue weighted by molar-refractivity contribution is -0.133. The molecule has 1 saturated heterocycles. The van der Waals surface area contributed by atoms with Crippen molar-refractivity contribution in [2.75, 3.05) is 53.4 Å². The minimum Gasteiger partial charge on any atom is -0.484 e. The van der Waals surface area contributed by atoms with Gasteiger partial charge >= 0.3 is 0 Å². The Morgan fingerprint density at radius 3 is 2.50 bits per heavy atom. The van der Waals surface area contributed by atoms with Gasteiger partial charge in [0, 0.05) is 44.7 Å². The van der Waals surface area contributed by atoms with Gasteiger partial charge in [-0.25, -0.2) is 0 Å². The van der Waals surface area contributed by atoms with E-state index < -0.39 is 0 Å². The van der Waals surface area contributed by atoms with E-state index in [4.69, 9.17) is 4.74 Å². The minimum atomic E-state index is -0.0151. The van der Waals surface area contributed by atoms with Gasteiger partial charge in [0.25, 0.3) is 5.91 Å². The van der Waals surface area contributed by atoms with Crippen LogP contribution in [0.2, 0.25) is 0 Å². The summed E-state index contributed by atoms with van der Waals surface area (Å²) < 4.78 is 6.53. The number of halogens is 1. The third-order valence-corrected chi connectivity index (χ3v) is 4.50. The van der Waals surface area contributed by atoms with Gasteiger partial charge in [-0.2, -0.15) is 0 Å². The largest absolute Gasteiger partial charge is 0.484 e. The van der Waals surface area contributed by atoms with E-state index >= 15 is 0 Å². The summed E-state index contributed by atoms with van der Waals surface area (Å²) in [5.74, 6) is 0.756. The normalized spacial score (nSPS) is 15.7. The Kier molecular flexibility index (Phi) is 7.05. The molecule has 0 N–H and O–H groups in total. The summed E-state index contributed by atoms with van der Waals surface area (Å²) in [4.78, 5) is 29.6. The number of rotatable bonds is 5. The van der Waals surface area contributed by atoms with Gasteiger partial charge in [-0.1, -0.05) is 15.9 Å². The number of carbonyl (C=O) groups is 2. The van der Waals surface area contributed by atoms with Crippen molar-refractivity contribution in [3.05, 3.63) is 28.7 Å². The number of hydrogen-bond donors (Lipinski definition) is 0. The molecule has 0 saturated carbocycles. The molecule has 1 aromatic carbocycles. The summed E-state index contributed by atoms with van der Waals surface area (Å²) in [5, 5.41) is 0. The standard InChI is InChI=1S/C17H24BrN3O3/c1-19(2)16(22)12-20-8-3-9-21(11-10-20)17(23)13-24-15-6-4-14(18)5-7-15/h4-7H,3,8-13H2,1-2H3. The zero-order chi connectivity index (χ0) is 17.5. The highest BCUT2D eigenvalue weighted by Gasteiger charge is 2.21. The van der Waals surface area contributed by atoms with E-state index in [-0.39, 0.29) is 18.4 Å². The van der Waals surface area contributed by atoms with Crippen LogP contribution in [0, 0.1) is 0 Å². The van der Waals surface area contributed by atoms with Gasteiger partial charge in [-0.15, -0.1) is 0 Å². The van der Waals surface area contributed by atoms with Crippen LogP contribution in [0.25, 0.3) is 0 Å². The van der Waals surface area contributed by atoms with Gasteiger partial charge in [0.2, 0.25) is 5.91 Å². The van der Waals surface area contributed by atoms with E-state index in [9.17, 15) is 9.59 Å². The molecule has 0 spiro atoms. The molecule has 6 nitrogen and oxygen atoms in total. The van der Waals surface area contributed by atoms with Crippen molar-refractivity contribution in [2.24, 2.45) is 0 Å². The van der Waals surface area contributed by atoms with Crippen LogP contribution in [0.5, 0.6) is 5.75 Å². The Balaban J connectivity index is 1.79. The predicted molar refractivity (Wildman–Crippen MR) is 96.0 cm³/mol. The number of amides is 2. The number of likely N-dealkylation sites (N-methyl/N-ethyl adjacent to an activating group) is 1. The summed E-state index contributed by atoms with van der Waals surface area (Å²) in [6.07, 6.45) is 0.866.